The Labute approximate surface area is 272 Å². The SMILES string of the molecule is NC(=O)c1cccc(S(=O)(=O)N2CCC(c3nn(CCO)c4ccc(C(c5ccc(Cl)cc5)c5ccc(Cl)cc5)cc34)CC2)c1. The molecule has 6 rings (SSSR count). The lowest BCUT2D eigenvalue weighted by molar-refractivity contribution is 0.1000. The van der Waals surface area contributed by atoms with Gasteiger partial charge in [-0.3, -0.25) is 9.48 Å². The maximum absolute atomic E-state index is 13.4. The lowest BCUT2D eigenvalue weighted by Crippen LogP contribution is -2.38. The zero-order chi connectivity index (χ0) is 31.7. The molecule has 0 bridgehead atoms. The van der Waals surface area contributed by atoms with E-state index in [1.807, 2.05) is 59.3 Å². The van der Waals surface area contributed by atoms with Gasteiger partial charge in [0.25, 0.3) is 0 Å². The fourth-order valence-corrected chi connectivity index (χ4v) is 7.95. The van der Waals surface area contributed by atoms with Crippen molar-refractivity contribution < 1.29 is 18.3 Å². The number of aromatic nitrogens is 2. The van der Waals surface area contributed by atoms with Gasteiger partial charge in [-0.2, -0.15) is 9.40 Å². The van der Waals surface area contributed by atoms with Gasteiger partial charge in [-0.05, 0) is 84.1 Å². The van der Waals surface area contributed by atoms with Crippen molar-refractivity contribution in [3.05, 3.63) is 129 Å². The minimum Gasteiger partial charge on any atom is -0.394 e. The van der Waals surface area contributed by atoms with E-state index in [1.54, 1.807) is 0 Å². The van der Waals surface area contributed by atoms with Crippen molar-refractivity contribution in [2.24, 2.45) is 5.73 Å². The maximum Gasteiger partial charge on any atom is 0.248 e. The van der Waals surface area contributed by atoms with E-state index in [0.717, 1.165) is 33.3 Å². The maximum atomic E-state index is 13.4. The number of hydrogen-bond donors (Lipinski definition) is 2. The average Bonchev–Trinajstić information content (AvgIpc) is 3.41. The van der Waals surface area contributed by atoms with Crippen LogP contribution in [0.2, 0.25) is 10.0 Å². The first-order valence-corrected chi connectivity index (χ1v) is 16.9. The Kier molecular flexibility index (Phi) is 8.99. The predicted molar refractivity (Wildman–Crippen MR) is 176 cm³/mol. The third kappa shape index (κ3) is 6.36. The van der Waals surface area contributed by atoms with Crippen molar-refractivity contribution in [1.82, 2.24) is 14.1 Å². The first kappa shape index (κ1) is 31.3. The number of piperidine rings is 1. The van der Waals surface area contributed by atoms with E-state index in [0.29, 0.717) is 42.5 Å². The molecule has 4 aromatic carbocycles. The highest BCUT2D eigenvalue weighted by molar-refractivity contribution is 7.89. The molecule has 5 aromatic rings. The van der Waals surface area contributed by atoms with Crippen LogP contribution in [0.3, 0.4) is 0 Å². The second kappa shape index (κ2) is 12.9. The van der Waals surface area contributed by atoms with E-state index in [9.17, 15) is 18.3 Å². The Morgan fingerprint density at radius 1 is 0.889 bits per heavy atom. The molecule has 1 aliphatic rings. The lowest BCUT2D eigenvalue weighted by atomic mass is 9.84. The number of rotatable bonds is 9. The summed E-state index contributed by atoms with van der Waals surface area (Å²) < 4.78 is 30.2. The molecule has 11 heteroatoms. The van der Waals surface area contributed by atoms with Gasteiger partial charge in [0.2, 0.25) is 15.9 Å². The summed E-state index contributed by atoms with van der Waals surface area (Å²) >= 11 is 12.5. The highest BCUT2D eigenvalue weighted by Crippen LogP contribution is 2.39. The molecule has 232 valence electrons. The molecule has 0 radical (unpaired) electrons. The van der Waals surface area contributed by atoms with Crippen LogP contribution < -0.4 is 5.73 Å². The number of benzene rings is 4. The quantitative estimate of drug-likeness (QED) is 0.183. The van der Waals surface area contributed by atoms with Gasteiger partial charge in [0, 0.05) is 45.9 Å². The number of carbonyl (C=O) groups excluding carboxylic acids is 1. The monoisotopic (exact) mass is 662 g/mol. The molecule has 1 saturated heterocycles. The number of aliphatic hydroxyl groups is 1. The van der Waals surface area contributed by atoms with Gasteiger partial charge < -0.3 is 10.8 Å². The fourth-order valence-electron chi connectivity index (χ4n) is 6.18. The van der Waals surface area contributed by atoms with Crippen LogP contribution in [-0.2, 0) is 16.6 Å². The molecule has 0 atom stereocenters. The summed E-state index contributed by atoms with van der Waals surface area (Å²) in [6.07, 6.45) is 1.14. The number of sulfonamides is 1. The van der Waals surface area contributed by atoms with Crippen molar-refractivity contribution in [2.75, 3.05) is 19.7 Å². The lowest BCUT2D eigenvalue weighted by Gasteiger charge is -2.30. The Bertz CT molecular complexity index is 1910. The van der Waals surface area contributed by atoms with Gasteiger partial charge in [-0.1, -0.05) is 59.6 Å². The topological polar surface area (TPSA) is 119 Å². The first-order chi connectivity index (χ1) is 21.7. The van der Waals surface area contributed by atoms with Gasteiger partial charge in [0.1, 0.15) is 0 Å². The Morgan fingerprint density at radius 2 is 1.49 bits per heavy atom. The van der Waals surface area contributed by atoms with Crippen LogP contribution in [0.5, 0.6) is 0 Å². The van der Waals surface area contributed by atoms with Gasteiger partial charge in [0.15, 0.2) is 0 Å². The molecule has 1 amide bonds. The van der Waals surface area contributed by atoms with Gasteiger partial charge >= 0.3 is 0 Å². The Balaban J connectivity index is 1.35. The minimum atomic E-state index is -3.81. The molecule has 0 unspecified atom stereocenters. The molecule has 1 fully saturated rings. The van der Waals surface area contributed by atoms with Gasteiger partial charge in [-0.25, -0.2) is 8.42 Å². The van der Waals surface area contributed by atoms with Gasteiger partial charge in [-0.15, -0.1) is 0 Å². The first-order valence-electron chi connectivity index (χ1n) is 14.7. The van der Waals surface area contributed by atoms with Crippen LogP contribution in [0.15, 0.2) is 95.9 Å². The zero-order valence-corrected chi connectivity index (χ0v) is 26.6. The van der Waals surface area contributed by atoms with E-state index in [2.05, 4.69) is 12.1 Å². The summed E-state index contributed by atoms with van der Waals surface area (Å²) in [7, 11) is -3.81. The highest BCUT2D eigenvalue weighted by Gasteiger charge is 2.32. The van der Waals surface area contributed by atoms with Crippen molar-refractivity contribution in [2.45, 2.75) is 36.1 Å². The molecule has 8 nitrogen and oxygen atoms in total. The molecule has 0 spiro atoms. The van der Waals surface area contributed by atoms with Crippen LogP contribution >= 0.6 is 23.2 Å². The Morgan fingerprint density at radius 3 is 2.07 bits per heavy atom. The molecular formula is C34H32Cl2N4O4S. The van der Waals surface area contributed by atoms with Crippen molar-refractivity contribution >= 4 is 50.0 Å². The molecule has 1 aromatic heterocycles. The number of hydrogen-bond acceptors (Lipinski definition) is 5. The summed E-state index contributed by atoms with van der Waals surface area (Å²) in [5, 5.41) is 17.0. The van der Waals surface area contributed by atoms with E-state index >= 15 is 0 Å². The van der Waals surface area contributed by atoms with Crippen molar-refractivity contribution in [3.8, 4) is 0 Å². The van der Waals surface area contributed by atoms with Crippen LogP contribution in [0.4, 0.5) is 0 Å². The molecular weight excluding hydrogens is 631 g/mol. The van der Waals surface area contributed by atoms with Crippen molar-refractivity contribution in [1.29, 1.82) is 0 Å². The number of amides is 1. The van der Waals surface area contributed by atoms with Crippen molar-refractivity contribution in [3.63, 3.8) is 0 Å². The predicted octanol–water partition coefficient (Wildman–Crippen LogP) is 6.18. The smallest absolute Gasteiger partial charge is 0.248 e. The van der Waals surface area contributed by atoms with Crippen LogP contribution in [0.1, 0.15) is 57.4 Å². The number of primary amides is 1. The van der Waals surface area contributed by atoms with E-state index in [1.165, 1.54) is 28.6 Å². The largest absolute Gasteiger partial charge is 0.394 e. The second-order valence-electron chi connectivity index (χ2n) is 11.2. The van der Waals surface area contributed by atoms with Gasteiger partial charge in [0.05, 0.1) is 29.3 Å². The average molecular weight is 664 g/mol. The summed E-state index contributed by atoms with van der Waals surface area (Å²) in [4.78, 5) is 11.7. The molecule has 3 N–H and O–H groups in total. The van der Waals surface area contributed by atoms with E-state index in [-0.39, 0.29) is 28.9 Å². The number of nitrogens with two attached hydrogens (primary N) is 1. The fraction of sp³-hybridized carbons (Fsp3) is 0.235. The van der Waals surface area contributed by atoms with Crippen LogP contribution in [0, 0.1) is 0 Å². The van der Waals surface area contributed by atoms with E-state index in [4.69, 9.17) is 34.0 Å². The summed E-state index contributed by atoms with van der Waals surface area (Å²) in [5.41, 5.74) is 10.5. The molecule has 0 aliphatic carbocycles. The number of nitrogens with zero attached hydrogens (tertiary/aromatic N) is 3. The van der Waals surface area contributed by atoms with Crippen LogP contribution in [-0.4, -0.2) is 53.2 Å². The molecule has 45 heavy (non-hydrogen) atoms. The highest BCUT2D eigenvalue weighted by atomic mass is 35.5. The molecule has 2 heterocycles. The number of fused-ring (bicyclic) bond motifs is 1. The number of aliphatic hydroxyl groups excluding tert-OH is 1. The summed E-state index contributed by atoms with van der Waals surface area (Å²) in [5.74, 6) is -0.762. The standard InChI is InChI=1S/C34H32Cl2N4O4S/c35-27-9-4-22(5-10-27)32(23-6-11-28(36)12-7-23)25-8-13-31-30(21-25)33(38-40(31)18-19-41)24-14-16-39(17-15-24)45(43,44)29-3-1-2-26(20-29)34(37)42/h1-13,20-21,24,32,41H,14-19H2,(H2,37,42). The van der Waals surface area contributed by atoms with Crippen LogP contribution in [0.25, 0.3) is 10.9 Å². The minimum absolute atomic E-state index is 0.00982. The summed E-state index contributed by atoms with van der Waals surface area (Å²) in [6, 6.07) is 27.8. The third-order valence-electron chi connectivity index (χ3n) is 8.45. The number of carbonyl (C=O) groups is 1. The summed E-state index contributed by atoms with van der Waals surface area (Å²) in [6.45, 7) is 0.897. The molecule has 1 aliphatic heterocycles. The second-order valence-corrected chi connectivity index (χ2v) is 14.0. The molecule has 0 saturated carbocycles. The zero-order valence-electron chi connectivity index (χ0n) is 24.3. The van der Waals surface area contributed by atoms with E-state index < -0.39 is 15.9 Å². The third-order valence-corrected chi connectivity index (χ3v) is 10.9. The Hall–Kier alpha value is -3.73. The number of halogens is 2. The normalized spacial score (nSPS) is 14.8.